The van der Waals surface area contributed by atoms with Crippen LogP contribution in [0, 0.1) is 0 Å². The molecule has 0 aliphatic rings. The zero-order valence-corrected chi connectivity index (χ0v) is 12.3. The second kappa shape index (κ2) is 6.44. The Morgan fingerprint density at radius 3 is 2.32 bits per heavy atom. The molecule has 3 aromatic carbocycles. The third-order valence-electron chi connectivity index (χ3n) is 4.05. The van der Waals surface area contributed by atoms with Gasteiger partial charge in [0.1, 0.15) is 0 Å². The van der Waals surface area contributed by atoms with Crippen LogP contribution in [0.5, 0.6) is 0 Å². The number of fused-ring (bicyclic) bond motifs is 1. The Morgan fingerprint density at radius 1 is 0.864 bits per heavy atom. The van der Waals surface area contributed by atoms with Gasteiger partial charge in [-0.05, 0) is 28.3 Å². The maximum Gasteiger partial charge on any atom is 0.303 e. The number of aliphatic carboxylic acids is 1. The molecular formula is C20H18O2. The van der Waals surface area contributed by atoms with Crippen LogP contribution in [0.4, 0.5) is 0 Å². The SMILES string of the molecule is O=C(O)CCC(c1ccccc1)c1cccc2ccccc12. The number of carbonyl (C=O) groups is 1. The van der Waals surface area contributed by atoms with Gasteiger partial charge in [-0.2, -0.15) is 0 Å². The third kappa shape index (κ3) is 3.01. The summed E-state index contributed by atoms with van der Waals surface area (Å²) in [5.74, 6) is -0.649. The molecule has 0 aliphatic carbocycles. The molecule has 0 aliphatic heterocycles. The summed E-state index contributed by atoms with van der Waals surface area (Å²) < 4.78 is 0. The molecule has 1 unspecified atom stereocenters. The van der Waals surface area contributed by atoms with E-state index in [4.69, 9.17) is 5.11 Å². The lowest BCUT2D eigenvalue weighted by atomic mass is 9.85. The molecule has 110 valence electrons. The molecule has 0 saturated carbocycles. The van der Waals surface area contributed by atoms with Gasteiger partial charge in [0.05, 0.1) is 0 Å². The van der Waals surface area contributed by atoms with Crippen LogP contribution in [0.2, 0.25) is 0 Å². The molecule has 0 amide bonds. The number of rotatable bonds is 5. The first-order valence-corrected chi connectivity index (χ1v) is 7.50. The Morgan fingerprint density at radius 2 is 1.55 bits per heavy atom. The van der Waals surface area contributed by atoms with Gasteiger partial charge in [0.15, 0.2) is 0 Å². The van der Waals surface area contributed by atoms with Crippen molar-refractivity contribution in [3.63, 3.8) is 0 Å². The summed E-state index contributed by atoms with van der Waals surface area (Å²) in [5, 5.41) is 11.5. The lowest BCUT2D eigenvalue weighted by Crippen LogP contribution is -2.05. The van der Waals surface area contributed by atoms with Crippen molar-refractivity contribution in [2.75, 3.05) is 0 Å². The first-order valence-electron chi connectivity index (χ1n) is 7.50. The zero-order valence-electron chi connectivity index (χ0n) is 12.3. The first-order chi connectivity index (χ1) is 10.8. The van der Waals surface area contributed by atoms with Gasteiger partial charge in [0, 0.05) is 12.3 Å². The second-order valence-electron chi connectivity index (χ2n) is 5.46. The van der Waals surface area contributed by atoms with Crippen LogP contribution in [0.3, 0.4) is 0 Å². The molecular weight excluding hydrogens is 272 g/mol. The normalized spacial score (nSPS) is 12.2. The highest BCUT2D eigenvalue weighted by molar-refractivity contribution is 5.86. The van der Waals surface area contributed by atoms with Gasteiger partial charge in [0.2, 0.25) is 0 Å². The monoisotopic (exact) mass is 290 g/mol. The highest BCUT2D eigenvalue weighted by atomic mass is 16.4. The molecule has 22 heavy (non-hydrogen) atoms. The van der Waals surface area contributed by atoms with Gasteiger partial charge in [0.25, 0.3) is 0 Å². The molecule has 1 N–H and O–H groups in total. The second-order valence-corrected chi connectivity index (χ2v) is 5.46. The minimum absolute atomic E-state index is 0.100. The molecule has 0 fully saturated rings. The standard InChI is InChI=1S/C20H18O2/c21-20(22)14-13-18(15-7-2-1-3-8-15)19-12-6-10-16-9-4-5-11-17(16)19/h1-12,18H,13-14H2,(H,21,22). The van der Waals surface area contributed by atoms with E-state index in [9.17, 15) is 4.79 Å². The fourth-order valence-corrected chi connectivity index (χ4v) is 3.01. The smallest absolute Gasteiger partial charge is 0.303 e. The predicted octanol–water partition coefficient (Wildman–Crippen LogP) is 4.84. The van der Waals surface area contributed by atoms with Crippen LogP contribution in [-0.4, -0.2) is 11.1 Å². The van der Waals surface area contributed by atoms with Crippen LogP contribution in [0.25, 0.3) is 10.8 Å². The summed E-state index contributed by atoms with van der Waals surface area (Å²) in [6.45, 7) is 0. The Bertz CT molecular complexity index is 773. The number of carboxylic acids is 1. The predicted molar refractivity (Wildman–Crippen MR) is 89.1 cm³/mol. The van der Waals surface area contributed by atoms with Gasteiger partial charge < -0.3 is 5.11 Å². The summed E-state index contributed by atoms with van der Waals surface area (Å²) in [6, 6.07) is 24.7. The molecule has 3 rings (SSSR count). The molecule has 0 saturated heterocycles. The molecule has 0 spiro atoms. The van der Waals surface area contributed by atoms with Crippen LogP contribution < -0.4 is 0 Å². The fraction of sp³-hybridized carbons (Fsp3) is 0.150. The van der Waals surface area contributed by atoms with Crippen molar-refractivity contribution >= 4 is 16.7 Å². The van der Waals surface area contributed by atoms with E-state index in [1.165, 1.54) is 21.9 Å². The van der Waals surface area contributed by atoms with Crippen molar-refractivity contribution < 1.29 is 9.90 Å². The topological polar surface area (TPSA) is 37.3 Å². The fourth-order valence-electron chi connectivity index (χ4n) is 3.01. The maximum atomic E-state index is 11.0. The van der Waals surface area contributed by atoms with Crippen molar-refractivity contribution in [1.29, 1.82) is 0 Å². The molecule has 2 nitrogen and oxygen atoms in total. The average molecular weight is 290 g/mol. The molecule has 1 atom stereocenters. The van der Waals surface area contributed by atoms with E-state index < -0.39 is 5.97 Å². The van der Waals surface area contributed by atoms with Crippen LogP contribution in [0.1, 0.15) is 29.9 Å². The van der Waals surface area contributed by atoms with Crippen molar-refractivity contribution in [3.8, 4) is 0 Å². The molecule has 0 aromatic heterocycles. The summed E-state index contributed by atoms with van der Waals surface area (Å²) in [5.41, 5.74) is 2.37. The lowest BCUT2D eigenvalue weighted by molar-refractivity contribution is -0.137. The number of carboxylic acid groups (broad SMARTS) is 1. The molecule has 3 aromatic rings. The largest absolute Gasteiger partial charge is 0.481 e. The Balaban J connectivity index is 2.09. The minimum Gasteiger partial charge on any atom is -0.481 e. The van der Waals surface area contributed by atoms with Crippen molar-refractivity contribution in [2.24, 2.45) is 0 Å². The lowest BCUT2D eigenvalue weighted by Gasteiger charge is -2.19. The van der Waals surface area contributed by atoms with Crippen molar-refractivity contribution in [1.82, 2.24) is 0 Å². The Labute approximate surface area is 130 Å². The quantitative estimate of drug-likeness (QED) is 0.730. The summed E-state index contributed by atoms with van der Waals surface area (Å²) >= 11 is 0. The summed E-state index contributed by atoms with van der Waals surface area (Å²) in [4.78, 5) is 11.0. The summed E-state index contributed by atoms with van der Waals surface area (Å²) in [6.07, 6.45) is 0.774. The van der Waals surface area contributed by atoms with Gasteiger partial charge in [-0.1, -0.05) is 72.8 Å². The van der Waals surface area contributed by atoms with Crippen LogP contribution in [0.15, 0.2) is 72.8 Å². The van der Waals surface area contributed by atoms with E-state index in [1.807, 2.05) is 36.4 Å². The third-order valence-corrected chi connectivity index (χ3v) is 4.05. The molecule has 0 heterocycles. The maximum absolute atomic E-state index is 11.0. The van der Waals surface area contributed by atoms with E-state index in [-0.39, 0.29) is 12.3 Å². The average Bonchev–Trinajstić information content (AvgIpc) is 2.56. The highest BCUT2D eigenvalue weighted by Crippen LogP contribution is 2.34. The van der Waals surface area contributed by atoms with Crippen LogP contribution in [-0.2, 0) is 4.79 Å². The molecule has 0 radical (unpaired) electrons. The van der Waals surface area contributed by atoms with Crippen LogP contribution >= 0.6 is 0 Å². The van der Waals surface area contributed by atoms with E-state index in [0.717, 1.165) is 0 Å². The van der Waals surface area contributed by atoms with Crippen molar-refractivity contribution in [2.45, 2.75) is 18.8 Å². The zero-order chi connectivity index (χ0) is 15.4. The Kier molecular flexibility index (Phi) is 4.19. The number of hydrogen-bond acceptors (Lipinski definition) is 1. The van der Waals surface area contributed by atoms with Crippen molar-refractivity contribution in [3.05, 3.63) is 83.9 Å². The van der Waals surface area contributed by atoms with E-state index >= 15 is 0 Å². The van der Waals surface area contributed by atoms with Gasteiger partial charge in [-0.3, -0.25) is 4.79 Å². The van der Waals surface area contributed by atoms with E-state index in [1.54, 1.807) is 0 Å². The minimum atomic E-state index is -0.749. The molecule has 2 heteroatoms. The highest BCUT2D eigenvalue weighted by Gasteiger charge is 2.17. The number of hydrogen-bond donors (Lipinski definition) is 1. The van der Waals surface area contributed by atoms with Gasteiger partial charge >= 0.3 is 5.97 Å². The van der Waals surface area contributed by atoms with Gasteiger partial charge in [-0.25, -0.2) is 0 Å². The number of benzene rings is 3. The summed E-state index contributed by atoms with van der Waals surface area (Å²) in [7, 11) is 0. The Hall–Kier alpha value is -2.61. The van der Waals surface area contributed by atoms with E-state index in [2.05, 4.69) is 36.4 Å². The first kappa shape index (κ1) is 14.3. The van der Waals surface area contributed by atoms with Gasteiger partial charge in [-0.15, -0.1) is 0 Å². The molecule has 0 bridgehead atoms. The van der Waals surface area contributed by atoms with E-state index in [0.29, 0.717) is 6.42 Å².